The van der Waals surface area contributed by atoms with Crippen molar-refractivity contribution in [2.75, 3.05) is 20.1 Å². The lowest BCUT2D eigenvalue weighted by molar-refractivity contribution is -0.108. The number of aromatic nitrogens is 2. The summed E-state index contributed by atoms with van der Waals surface area (Å²) in [5.41, 5.74) is 6.38. The Balaban J connectivity index is 0.000000177. The lowest BCUT2D eigenvalue weighted by atomic mass is 9.94. The van der Waals surface area contributed by atoms with Crippen LogP contribution in [0.2, 0.25) is 5.15 Å². The molecule has 2 aromatic rings. The van der Waals surface area contributed by atoms with Crippen LogP contribution in [0.5, 0.6) is 0 Å². The van der Waals surface area contributed by atoms with E-state index in [-0.39, 0.29) is 6.54 Å². The molecular weight excluding hydrogens is 324 g/mol. The molecule has 5 nitrogen and oxygen atoms in total. The Bertz CT molecular complexity index is 637. The topological polar surface area (TPSA) is 64.2 Å². The van der Waals surface area contributed by atoms with Gasteiger partial charge in [0, 0.05) is 24.5 Å². The van der Waals surface area contributed by atoms with Gasteiger partial charge in [0.15, 0.2) is 5.15 Å². The minimum Gasteiger partial charge on any atom is -0.329 e. The summed E-state index contributed by atoms with van der Waals surface area (Å²) >= 11 is 5.87. The molecule has 1 aromatic heterocycles. The first kappa shape index (κ1) is 18.9. The number of fused-ring (bicyclic) bond motifs is 1. The summed E-state index contributed by atoms with van der Waals surface area (Å²) in [6, 6.07) is 8.37. The van der Waals surface area contributed by atoms with E-state index in [4.69, 9.17) is 17.3 Å². The lowest BCUT2D eigenvalue weighted by Crippen LogP contribution is -2.36. The molecule has 0 saturated heterocycles. The first-order valence-electron chi connectivity index (χ1n) is 8.62. The molecule has 0 amide bonds. The van der Waals surface area contributed by atoms with E-state index < -0.39 is 0 Å². The van der Waals surface area contributed by atoms with Gasteiger partial charge in [-0.25, -0.2) is 0 Å². The Labute approximate surface area is 148 Å². The van der Waals surface area contributed by atoms with Crippen molar-refractivity contribution in [1.29, 1.82) is 0 Å². The second-order valence-electron chi connectivity index (χ2n) is 6.22. The molecule has 0 spiro atoms. The van der Waals surface area contributed by atoms with E-state index in [0.717, 1.165) is 36.3 Å². The number of hydrogen-bond acceptors (Lipinski definition) is 4. The lowest BCUT2D eigenvalue weighted by Gasteiger charge is -2.30. The van der Waals surface area contributed by atoms with E-state index >= 15 is 0 Å². The van der Waals surface area contributed by atoms with Crippen LogP contribution in [0, 0.1) is 0 Å². The number of rotatable bonds is 5. The number of para-hydroxylation sites is 1. The summed E-state index contributed by atoms with van der Waals surface area (Å²) in [4.78, 5) is 12.7. The molecule has 0 unspecified atom stereocenters. The fourth-order valence-corrected chi connectivity index (χ4v) is 3.46. The maximum atomic E-state index is 10.3. The summed E-state index contributed by atoms with van der Waals surface area (Å²) in [5.74, 6) is 0. The van der Waals surface area contributed by atoms with Gasteiger partial charge >= 0.3 is 0 Å². The van der Waals surface area contributed by atoms with Gasteiger partial charge < -0.3 is 15.4 Å². The van der Waals surface area contributed by atoms with Gasteiger partial charge in [-0.2, -0.15) is 5.10 Å². The SMILES string of the molecule is CN(CCN)C1CCCCC1.O=CCn1nc(Cl)c2ccccc21. The molecule has 1 heterocycles. The van der Waals surface area contributed by atoms with Crippen molar-refractivity contribution in [2.24, 2.45) is 5.73 Å². The molecule has 0 bridgehead atoms. The van der Waals surface area contributed by atoms with Crippen LogP contribution < -0.4 is 5.73 Å². The maximum absolute atomic E-state index is 10.3. The van der Waals surface area contributed by atoms with Crippen LogP contribution in [0.1, 0.15) is 32.1 Å². The minimum absolute atomic E-state index is 0.243. The standard InChI is InChI=1S/C9H7ClN2O.C9H20N2/c10-9-7-3-1-2-4-8(7)12(11-9)5-6-13;1-11(8-7-10)9-5-3-2-4-6-9/h1-4,6H,5H2;9H,2-8,10H2,1H3. The normalized spacial score (nSPS) is 15.3. The van der Waals surface area contributed by atoms with Crippen molar-refractivity contribution < 1.29 is 4.79 Å². The zero-order valence-corrected chi connectivity index (χ0v) is 15.1. The Hall–Kier alpha value is -1.43. The molecule has 1 fully saturated rings. The van der Waals surface area contributed by atoms with Crippen LogP contribution >= 0.6 is 11.6 Å². The predicted molar refractivity (Wildman–Crippen MR) is 99.4 cm³/mol. The Morgan fingerprint density at radius 1 is 1.33 bits per heavy atom. The van der Waals surface area contributed by atoms with Crippen molar-refractivity contribution in [3.8, 4) is 0 Å². The molecule has 2 N–H and O–H groups in total. The molecule has 1 aliphatic rings. The van der Waals surface area contributed by atoms with Crippen molar-refractivity contribution in [2.45, 2.75) is 44.7 Å². The number of hydrogen-bond donors (Lipinski definition) is 1. The van der Waals surface area contributed by atoms with Crippen molar-refractivity contribution in [3.63, 3.8) is 0 Å². The number of nitrogens with zero attached hydrogens (tertiary/aromatic N) is 3. The van der Waals surface area contributed by atoms with Gasteiger partial charge in [-0.05, 0) is 32.0 Å². The Kier molecular flexibility index (Phi) is 7.69. The third kappa shape index (κ3) is 5.03. The number of aldehydes is 1. The van der Waals surface area contributed by atoms with Crippen LogP contribution in [-0.4, -0.2) is 47.1 Å². The van der Waals surface area contributed by atoms with Gasteiger partial charge in [-0.1, -0.05) is 43.0 Å². The van der Waals surface area contributed by atoms with Crippen molar-refractivity contribution >= 4 is 28.8 Å². The highest BCUT2D eigenvalue weighted by Gasteiger charge is 2.16. The van der Waals surface area contributed by atoms with Crippen molar-refractivity contribution in [1.82, 2.24) is 14.7 Å². The Morgan fingerprint density at radius 2 is 2.04 bits per heavy atom. The molecular formula is C18H27ClN4O. The highest BCUT2D eigenvalue weighted by molar-refractivity contribution is 6.34. The molecule has 3 rings (SSSR count). The zero-order valence-electron chi connectivity index (χ0n) is 14.3. The molecule has 0 radical (unpaired) electrons. The van der Waals surface area contributed by atoms with Gasteiger partial charge in [0.05, 0.1) is 12.1 Å². The van der Waals surface area contributed by atoms with Crippen LogP contribution in [0.3, 0.4) is 0 Å². The monoisotopic (exact) mass is 350 g/mol. The van der Waals surface area contributed by atoms with Gasteiger partial charge in [-0.3, -0.25) is 4.68 Å². The quantitative estimate of drug-likeness (QED) is 0.841. The van der Waals surface area contributed by atoms with Gasteiger partial charge in [0.2, 0.25) is 0 Å². The van der Waals surface area contributed by atoms with E-state index in [0.29, 0.717) is 5.15 Å². The molecule has 1 saturated carbocycles. The van der Waals surface area contributed by atoms with E-state index in [1.807, 2.05) is 24.3 Å². The number of nitrogens with two attached hydrogens (primary N) is 1. The van der Waals surface area contributed by atoms with Crippen LogP contribution in [0.15, 0.2) is 24.3 Å². The smallest absolute Gasteiger partial charge is 0.158 e. The number of likely N-dealkylation sites (N-methyl/N-ethyl adjacent to an activating group) is 1. The fourth-order valence-electron chi connectivity index (χ4n) is 3.20. The molecule has 132 valence electrons. The van der Waals surface area contributed by atoms with Gasteiger partial charge in [0.1, 0.15) is 6.29 Å². The minimum atomic E-state index is 0.243. The van der Waals surface area contributed by atoms with Crippen LogP contribution in [0.4, 0.5) is 0 Å². The highest BCUT2D eigenvalue weighted by Crippen LogP contribution is 2.22. The molecule has 6 heteroatoms. The average molecular weight is 351 g/mol. The third-order valence-electron chi connectivity index (χ3n) is 4.54. The molecule has 24 heavy (non-hydrogen) atoms. The summed E-state index contributed by atoms with van der Waals surface area (Å²) in [7, 11) is 2.20. The summed E-state index contributed by atoms with van der Waals surface area (Å²) in [6.45, 7) is 2.10. The van der Waals surface area contributed by atoms with Crippen molar-refractivity contribution in [3.05, 3.63) is 29.4 Å². The van der Waals surface area contributed by atoms with E-state index in [9.17, 15) is 4.79 Å². The highest BCUT2D eigenvalue weighted by atomic mass is 35.5. The second kappa shape index (κ2) is 9.77. The maximum Gasteiger partial charge on any atom is 0.158 e. The molecule has 1 aliphatic carbocycles. The van der Waals surface area contributed by atoms with E-state index in [2.05, 4.69) is 17.0 Å². The summed E-state index contributed by atoms with van der Waals surface area (Å²) < 4.78 is 1.59. The number of halogens is 1. The average Bonchev–Trinajstić information content (AvgIpc) is 2.93. The number of benzene rings is 1. The molecule has 0 atom stereocenters. The first-order chi connectivity index (χ1) is 11.7. The van der Waals surface area contributed by atoms with Gasteiger partial charge in [0.25, 0.3) is 0 Å². The summed E-state index contributed by atoms with van der Waals surface area (Å²) in [6.07, 6.45) is 7.84. The van der Waals surface area contributed by atoms with Crippen LogP contribution in [-0.2, 0) is 11.3 Å². The fraction of sp³-hybridized carbons (Fsp3) is 0.556. The zero-order chi connectivity index (χ0) is 17.4. The van der Waals surface area contributed by atoms with Gasteiger partial charge in [-0.15, -0.1) is 0 Å². The first-order valence-corrected chi connectivity index (χ1v) is 9.00. The number of carbonyl (C=O) groups is 1. The number of carbonyl (C=O) groups excluding carboxylic acids is 1. The van der Waals surface area contributed by atoms with E-state index in [1.54, 1.807) is 4.68 Å². The molecule has 0 aliphatic heterocycles. The molecule has 1 aromatic carbocycles. The van der Waals surface area contributed by atoms with Crippen LogP contribution in [0.25, 0.3) is 10.9 Å². The second-order valence-corrected chi connectivity index (χ2v) is 6.58. The largest absolute Gasteiger partial charge is 0.329 e. The third-order valence-corrected chi connectivity index (χ3v) is 4.82. The summed E-state index contributed by atoms with van der Waals surface area (Å²) in [5, 5.41) is 5.35. The predicted octanol–water partition coefficient (Wildman–Crippen LogP) is 3.10. The Morgan fingerprint density at radius 3 is 2.71 bits per heavy atom. The van der Waals surface area contributed by atoms with E-state index in [1.165, 1.54) is 32.1 Å².